The molecule has 2 aromatic carbocycles. The molecule has 2 aromatic rings. The molecule has 0 radical (unpaired) electrons. The minimum absolute atomic E-state index is 0.280. The SMILES string of the molecule is Clc1cccc(Cl)c1CBr.N=C1CCCCC(Cc2c(Cl)cccc2Cl)N1. The quantitative estimate of drug-likeness (QED) is 0.404. The second-order valence-corrected chi connectivity index (χ2v) is 8.49. The van der Waals surface area contributed by atoms with Crippen molar-refractivity contribution in [2.45, 2.75) is 43.5 Å². The van der Waals surface area contributed by atoms with Crippen molar-refractivity contribution < 1.29 is 0 Å². The summed E-state index contributed by atoms with van der Waals surface area (Å²) in [5.41, 5.74) is 1.94. The highest BCUT2D eigenvalue weighted by Gasteiger charge is 2.17. The van der Waals surface area contributed by atoms with Crippen LogP contribution in [0.5, 0.6) is 0 Å². The van der Waals surface area contributed by atoms with Crippen molar-refractivity contribution in [1.82, 2.24) is 5.32 Å². The van der Waals surface area contributed by atoms with Gasteiger partial charge in [0.05, 0.1) is 5.84 Å². The van der Waals surface area contributed by atoms with Crippen LogP contribution in [0.1, 0.15) is 36.8 Å². The Balaban J connectivity index is 0.000000223. The molecule has 146 valence electrons. The molecule has 0 bridgehead atoms. The summed E-state index contributed by atoms with van der Waals surface area (Å²) in [6.45, 7) is 0. The van der Waals surface area contributed by atoms with E-state index in [0.717, 1.165) is 53.3 Å². The number of rotatable bonds is 3. The molecule has 1 aliphatic rings. The molecule has 1 fully saturated rings. The van der Waals surface area contributed by atoms with E-state index in [-0.39, 0.29) is 6.04 Å². The van der Waals surface area contributed by atoms with Crippen molar-refractivity contribution >= 4 is 68.2 Å². The number of hydrogen-bond donors (Lipinski definition) is 2. The maximum Gasteiger partial charge on any atom is 0.0933 e. The summed E-state index contributed by atoms with van der Waals surface area (Å²) in [5, 5.41) is 14.6. The van der Waals surface area contributed by atoms with Crippen molar-refractivity contribution in [3.8, 4) is 0 Å². The molecule has 0 aromatic heterocycles. The highest BCUT2D eigenvalue weighted by molar-refractivity contribution is 9.08. The lowest BCUT2D eigenvalue weighted by Gasteiger charge is -2.18. The van der Waals surface area contributed by atoms with Gasteiger partial charge in [0.1, 0.15) is 0 Å². The molecule has 1 saturated heterocycles. The smallest absolute Gasteiger partial charge is 0.0933 e. The maximum atomic E-state index is 7.76. The van der Waals surface area contributed by atoms with Gasteiger partial charge in [-0.25, -0.2) is 0 Å². The molecule has 1 unspecified atom stereocenters. The van der Waals surface area contributed by atoms with E-state index in [9.17, 15) is 0 Å². The predicted octanol–water partition coefficient (Wildman–Crippen LogP) is 7.93. The first-order chi connectivity index (χ1) is 12.9. The topological polar surface area (TPSA) is 35.9 Å². The highest BCUT2D eigenvalue weighted by atomic mass is 79.9. The molecule has 0 amide bonds. The Morgan fingerprint density at radius 3 is 1.89 bits per heavy atom. The molecule has 0 saturated carbocycles. The average Bonchev–Trinajstić information content (AvgIpc) is 2.83. The van der Waals surface area contributed by atoms with Crippen LogP contribution in [0.25, 0.3) is 0 Å². The zero-order chi connectivity index (χ0) is 19.8. The van der Waals surface area contributed by atoms with Crippen molar-refractivity contribution in [2.75, 3.05) is 0 Å². The van der Waals surface area contributed by atoms with Crippen LogP contribution in [0, 0.1) is 5.41 Å². The lowest BCUT2D eigenvalue weighted by Crippen LogP contribution is -2.34. The molecule has 3 rings (SSSR count). The van der Waals surface area contributed by atoms with Crippen LogP contribution >= 0.6 is 62.3 Å². The third-order valence-corrected chi connectivity index (χ3v) is 6.29. The Morgan fingerprint density at radius 2 is 1.41 bits per heavy atom. The molecule has 27 heavy (non-hydrogen) atoms. The minimum atomic E-state index is 0.280. The van der Waals surface area contributed by atoms with Gasteiger partial charge in [0.2, 0.25) is 0 Å². The Kier molecular flexibility index (Phi) is 9.75. The van der Waals surface area contributed by atoms with Gasteiger partial charge in [0.25, 0.3) is 0 Å². The van der Waals surface area contributed by atoms with E-state index < -0.39 is 0 Å². The summed E-state index contributed by atoms with van der Waals surface area (Å²) >= 11 is 27.2. The number of nitrogens with one attached hydrogen (secondary N) is 2. The summed E-state index contributed by atoms with van der Waals surface area (Å²) in [5.74, 6) is 0.635. The molecule has 7 heteroatoms. The fourth-order valence-electron chi connectivity index (χ4n) is 2.87. The zero-order valence-electron chi connectivity index (χ0n) is 14.7. The monoisotopic (exact) mass is 508 g/mol. The van der Waals surface area contributed by atoms with E-state index in [0.29, 0.717) is 21.2 Å². The lowest BCUT2D eigenvalue weighted by molar-refractivity contribution is 0.549. The third kappa shape index (κ3) is 7.14. The Hall–Kier alpha value is -0.450. The lowest BCUT2D eigenvalue weighted by atomic mass is 10.0. The summed E-state index contributed by atoms with van der Waals surface area (Å²) in [6.07, 6.45) is 4.97. The number of alkyl halides is 1. The maximum absolute atomic E-state index is 7.76. The molecule has 1 atom stereocenters. The largest absolute Gasteiger partial charge is 0.371 e. The van der Waals surface area contributed by atoms with Gasteiger partial charge in [0.15, 0.2) is 0 Å². The van der Waals surface area contributed by atoms with Crippen molar-refractivity contribution in [3.63, 3.8) is 0 Å². The van der Waals surface area contributed by atoms with Gasteiger partial charge in [-0.2, -0.15) is 0 Å². The van der Waals surface area contributed by atoms with E-state index in [2.05, 4.69) is 21.2 Å². The number of halogens is 5. The number of amidine groups is 1. The van der Waals surface area contributed by atoms with E-state index in [1.165, 1.54) is 0 Å². The summed E-state index contributed by atoms with van der Waals surface area (Å²) in [6, 6.07) is 11.3. The van der Waals surface area contributed by atoms with Gasteiger partial charge in [0, 0.05) is 37.9 Å². The molecular weight excluding hydrogens is 490 g/mol. The van der Waals surface area contributed by atoms with Crippen LogP contribution in [-0.4, -0.2) is 11.9 Å². The normalized spacial score (nSPS) is 16.8. The van der Waals surface area contributed by atoms with E-state index in [1.807, 2.05) is 36.4 Å². The van der Waals surface area contributed by atoms with Crippen LogP contribution < -0.4 is 5.32 Å². The molecule has 0 spiro atoms. The number of benzene rings is 2. The Labute approximate surface area is 189 Å². The highest BCUT2D eigenvalue weighted by Crippen LogP contribution is 2.27. The van der Waals surface area contributed by atoms with Gasteiger partial charge in [-0.3, -0.25) is 5.41 Å². The third-order valence-electron chi connectivity index (χ3n) is 4.32. The van der Waals surface area contributed by atoms with Crippen molar-refractivity contribution in [3.05, 3.63) is 67.6 Å². The molecule has 1 heterocycles. The van der Waals surface area contributed by atoms with Crippen LogP contribution in [0.3, 0.4) is 0 Å². The fraction of sp³-hybridized carbons (Fsp3) is 0.350. The van der Waals surface area contributed by atoms with Crippen LogP contribution in [-0.2, 0) is 11.8 Å². The fourth-order valence-corrected chi connectivity index (χ4v) is 4.88. The first-order valence-electron chi connectivity index (χ1n) is 8.68. The summed E-state index contributed by atoms with van der Waals surface area (Å²) in [4.78, 5) is 0. The van der Waals surface area contributed by atoms with Gasteiger partial charge in [-0.1, -0.05) is 80.9 Å². The Bertz CT molecular complexity index is 742. The molecule has 2 nitrogen and oxygen atoms in total. The van der Waals surface area contributed by atoms with E-state index >= 15 is 0 Å². The van der Waals surface area contributed by atoms with Gasteiger partial charge in [-0.05, 0) is 54.7 Å². The first-order valence-corrected chi connectivity index (χ1v) is 11.3. The van der Waals surface area contributed by atoms with Gasteiger partial charge in [-0.15, -0.1) is 0 Å². The van der Waals surface area contributed by atoms with Crippen molar-refractivity contribution in [1.29, 1.82) is 5.41 Å². The van der Waals surface area contributed by atoms with Gasteiger partial charge < -0.3 is 5.32 Å². The summed E-state index contributed by atoms with van der Waals surface area (Å²) < 4.78 is 0. The van der Waals surface area contributed by atoms with Crippen LogP contribution in [0.4, 0.5) is 0 Å². The average molecular weight is 511 g/mol. The van der Waals surface area contributed by atoms with E-state index in [1.54, 1.807) is 0 Å². The van der Waals surface area contributed by atoms with E-state index in [4.69, 9.17) is 51.8 Å². The first kappa shape index (κ1) is 22.8. The second-order valence-electron chi connectivity index (χ2n) is 6.30. The van der Waals surface area contributed by atoms with Crippen LogP contribution in [0.15, 0.2) is 36.4 Å². The summed E-state index contributed by atoms with van der Waals surface area (Å²) in [7, 11) is 0. The minimum Gasteiger partial charge on any atom is -0.371 e. The number of hydrogen-bond acceptors (Lipinski definition) is 1. The standard InChI is InChI=1S/C13H16Cl2N2.C7H5BrCl2/c14-11-5-3-6-12(15)10(11)8-9-4-1-2-7-13(16)17-9;8-4-5-6(9)2-1-3-7(5)10/h3,5-6,9H,1-2,4,7-8H2,(H2,16,17);1-3H,4H2. The van der Waals surface area contributed by atoms with Crippen LogP contribution in [0.2, 0.25) is 20.1 Å². The molecule has 2 N–H and O–H groups in total. The molecular formula is C20H21BrCl4N2. The molecule has 1 aliphatic heterocycles. The van der Waals surface area contributed by atoms with Crippen molar-refractivity contribution in [2.24, 2.45) is 0 Å². The molecule has 0 aliphatic carbocycles. The predicted molar refractivity (Wildman–Crippen MR) is 122 cm³/mol. The zero-order valence-corrected chi connectivity index (χ0v) is 19.3. The second kappa shape index (κ2) is 11.5. The van der Waals surface area contributed by atoms with Gasteiger partial charge >= 0.3 is 0 Å². The Morgan fingerprint density at radius 1 is 0.889 bits per heavy atom.